The maximum atomic E-state index is 13.0. The normalized spacial score (nSPS) is 10.0. The second-order valence-electron chi connectivity index (χ2n) is 2.34. The molecule has 1 aromatic rings. The summed E-state index contributed by atoms with van der Waals surface area (Å²) in [6.07, 6.45) is 0. The van der Waals surface area contributed by atoms with Crippen LogP contribution in [0.1, 0.15) is 5.56 Å². The van der Waals surface area contributed by atoms with Crippen LogP contribution in [0.25, 0.3) is 0 Å². The second kappa shape index (κ2) is 3.92. The van der Waals surface area contributed by atoms with Crippen molar-refractivity contribution >= 4 is 5.69 Å². The highest BCUT2D eigenvalue weighted by Crippen LogP contribution is 2.16. The van der Waals surface area contributed by atoms with Gasteiger partial charge < -0.3 is 0 Å². The standard InChI is InChI=1S/C7H7FN2O3/c8-7-3-6(10(11)12)2-1-5(7)4-13-9/h1-3H,4,9H2. The Morgan fingerprint density at radius 3 is 2.77 bits per heavy atom. The number of nitro groups is 1. The van der Waals surface area contributed by atoms with Gasteiger partial charge in [-0.05, 0) is 6.07 Å². The fourth-order valence-corrected chi connectivity index (χ4v) is 0.857. The van der Waals surface area contributed by atoms with Gasteiger partial charge in [-0.25, -0.2) is 10.3 Å². The first kappa shape index (κ1) is 9.56. The van der Waals surface area contributed by atoms with Crippen molar-refractivity contribution in [1.29, 1.82) is 0 Å². The van der Waals surface area contributed by atoms with E-state index in [9.17, 15) is 14.5 Å². The molecule has 0 spiro atoms. The monoisotopic (exact) mass is 186 g/mol. The number of halogens is 1. The van der Waals surface area contributed by atoms with Crippen molar-refractivity contribution in [3.05, 3.63) is 39.7 Å². The van der Waals surface area contributed by atoms with Crippen LogP contribution in [0.2, 0.25) is 0 Å². The van der Waals surface area contributed by atoms with Crippen LogP contribution in [0.5, 0.6) is 0 Å². The number of benzene rings is 1. The highest BCUT2D eigenvalue weighted by molar-refractivity contribution is 5.33. The molecule has 0 aromatic heterocycles. The summed E-state index contributed by atoms with van der Waals surface area (Å²) in [6, 6.07) is 3.28. The first-order valence-corrected chi connectivity index (χ1v) is 3.39. The van der Waals surface area contributed by atoms with E-state index in [1.807, 2.05) is 0 Å². The van der Waals surface area contributed by atoms with Gasteiger partial charge >= 0.3 is 0 Å². The van der Waals surface area contributed by atoms with Crippen LogP contribution in [-0.2, 0) is 11.4 Å². The Balaban J connectivity index is 2.98. The SMILES string of the molecule is NOCc1ccc([N+](=O)[O-])cc1F. The fraction of sp³-hybridized carbons (Fsp3) is 0.143. The molecule has 70 valence electrons. The predicted octanol–water partition coefficient (Wildman–Crippen LogP) is 1.12. The summed E-state index contributed by atoms with van der Waals surface area (Å²) < 4.78 is 13.0. The van der Waals surface area contributed by atoms with Crippen molar-refractivity contribution < 1.29 is 14.2 Å². The van der Waals surface area contributed by atoms with E-state index < -0.39 is 10.7 Å². The van der Waals surface area contributed by atoms with Gasteiger partial charge in [0.05, 0.1) is 17.6 Å². The smallest absolute Gasteiger partial charge is 0.272 e. The van der Waals surface area contributed by atoms with Gasteiger partial charge in [0.2, 0.25) is 0 Å². The number of rotatable bonds is 3. The molecule has 0 radical (unpaired) electrons. The summed E-state index contributed by atoms with van der Waals surface area (Å²) in [5, 5.41) is 10.2. The number of nitrogens with zero attached hydrogens (tertiary/aromatic N) is 1. The van der Waals surface area contributed by atoms with Crippen molar-refractivity contribution in [3.63, 3.8) is 0 Å². The first-order chi connectivity index (χ1) is 6.15. The summed E-state index contributed by atoms with van der Waals surface area (Å²) in [6.45, 7) is -0.107. The van der Waals surface area contributed by atoms with Crippen LogP contribution in [0.15, 0.2) is 18.2 Å². The van der Waals surface area contributed by atoms with E-state index >= 15 is 0 Å². The molecule has 2 N–H and O–H groups in total. The largest absolute Gasteiger partial charge is 0.300 e. The van der Waals surface area contributed by atoms with Crippen LogP contribution < -0.4 is 5.90 Å². The van der Waals surface area contributed by atoms with Gasteiger partial charge in [-0.3, -0.25) is 15.0 Å². The Hall–Kier alpha value is -1.53. The Morgan fingerprint density at radius 2 is 2.31 bits per heavy atom. The fourth-order valence-electron chi connectivity index (χ4n) is 0.857. The van der Waals surface area contributed by atoms with E-state index in [4.69, 9.17) is 5.90 Å². The van der Waals surface area contributed by atoms with Crippen LogP contribution in [0, 0.1) is 15.9 Å². The van der Waals surface area contributed by atoms with E-state index in [1.54, 1.807) is 0 Å². The molecule has 0 bridgehead atoms. The van der Waals surface area contributed by atoms with E-state index in [-0.39, 0.29) is 17.9 Å². The van der Waals surface area contributed by atoms with E-state index in [1.165, 1.54) is 12.1 Å². The lowest BCUT2D eigenvalue weighted by Crippen LogP contribution is -2.01. The van der Waals surface area contributed by atoms with Gasteiger partial charge in [0.1, 0.15) is 5.82 Å². The van der Waals surface area contributed by atoms with Gasteiger partial charge in [-0.15, -0.1) is 0 Å². The Bertz CT molecular complexity index is 330. The first-order valence-electron chi connectivity index (χ1n) is 3.39. The molecule has 0 aliphatic rings. The zero-order chi connectivity index (χ0) is 9.84. The summed E-state index contributed by atoms with van der Waals surface area (Å²) in [7, 11) is 0. The van der Waals surface area contributed by atoms with E-state index in [0.717, 1.165) is 6.07 Å². The lowest BCUT2D eigenvalue weighted by Gasteiger charge is -1.99. The third kappa shape index (κ3) is 2.20. The summed E-state index contributed by atoms with van der Waals surface area (Å²) in [4.78, 5) is 13.7. The van der Waals surface area contributed by atoms with E-state index in [2.05, 4.69) is 4.84 Å². The molecule has 0 fully saturated rings. The molecule has 0 amide bonds. The third-order valence-electron chi connectivity index (χ3n) is 1.49. The van der Waals surface area contributed by atoms with Gasteiger partial charge in [0.25, 0.3) is 5.69 Å². The molecule has 0 heterocycles. The molecule has 0 saturated carbocycles. The lowest BCUT2D eigenvalue weighted by atomic mass is 10.2. The number of nitrogens with two attached hydrogens (primary N) is 1. The second-order valence-corrected chi connectivity index (χ2v) is 2.34. The Kier molecular flexibility index (Phi) is 2.88. The number of hydrogen-bond acceptors (Lipinski definition) is 4. The molecule has 5 nitrogen and oxygen atoms in total. The van der Waals surface area contributed by atoms with Crippen LogP contribution in [-0.4, -0.2) is 4.92 Å². The molecular formula is C7H7FN2O3. The minimum atomic E-state index is -0.695. The summed E-state index contributed by atoms with van der Waals surface area (Å²) >= 11 is 0. The van der Waals surface area contributed by atoms with Gasteiger partial charge in [0, 0.05) is 11.6 Å². The predicted molar refractivity (Wildman–Crippen MR) is 42.0 cm³/mol. The van der Waals surface area contributed by atoms with Crippen molar-refractivity contribution in [2.45, 2.75) is 6.61 Å². The molecule has 0 atom stereocenters. The number of non-ortho nitro benzene ring substituents is 1. The van der Waals surface area contributed by atoms with Gasteiger partial charge in [-0.1, -0.05) is 0 Å². The molecule has 1 aromatic carbocycles. The zero-order valence-electron chi connectivity index (χ0n) is 6.57. The molecule has 0 unspecified atom stereocenters. The van der Waals surface area contributed by atoms with Gasteiger partial charge in [0.15, 0.2) is 0 Å². The molecule has 13 heavy (non-hydrogen) atoms. The number of nitro benzene ring substituents is 1. The quantitative estimate of drug-likeness (QED) is 0.566. The van der Waals surface area contributed by atoms with Crippen LogP contribution in [0.4, 0.5) is 10.1 Å². The minimum Gasteiger partial charge on any atom is -0.300 e. The van der Waals surface area contributed by atoms with Crippen molar-refractivity contribution in [2.75, 3.05) is 0 Å². The van der Waals surface area contributed by atoms with Crippen molar-refractivity contribution in [1.82, 2.24) is 0 Å². The highest BCUT2D eigenvalue weighted by atomic mass is 19.1. The molecule has 0 saturated heterocycles. The molecular weight excluding hydrogens is 179 g/mol. The maximum absolute atomic E-state index is 13.0. The Morgan fingerprint density at radius 1 is 1.62 bits per heavy atom. The zero-order valence-corrected chi connectivity index (χ0v) is 6.57. The Labute approximate surface area is 73.0 Å². The van der Waals surface area contributed by atoms with Crippen molar-refractivity contribution in [2.24, 2.45) is 5.90 Å². The average Bonchev–Trinajstić information content (AvgIpc) is 2.08. The molecule has 6 heteroatoms. The topological polar surface area (TPSA) is 78.4 Å². The lowest BCUT2D eigenvalue weighted by molar-refractivity contribution is -0.385. The van der Waals surface area contributed by atoms with Crippen molar-refractivity contribution in [3.8, 4) is 0 Å². The number of hydrogen-bond donors (Lipinski definition) is 1. The van der Waals surface area contributed by atoms with Crippen LogP contribution in [0.3, 0.4) is 0 Å². The summed E-state index contributed by atoms with van der Waals surface area (Å²) in [5.74, 6) is 4.03. The highest BCUT2D eigenvalue weighted by Gasteiger charge is 2.09. The molecule has 1 rings (SSSR count). The van der Waals surface area contributed by atoms with Crippen LogP contribution >= 0.6 is 0 Å². The maximum Gasteiger partial charge on any atom is 0.272 e. The van der Waals surface area contributed by atoms with Gasteiger partial charge in [-0.2, -0.15) is 0 Å². The molecule has 0 aliphatic heterocycles. The minimum absolute atomic E-state index is 0.107. The third-order valence-corrected chi connectivity index (χ3v) is 1.49. The molecule has 0 aliphatic carbocycles. The van der Waals surface area contributed by atoms with E-state index in [0.29, 0.717) is 0 Å². The summed E-state index contributed by atoms with van der Waals surface area (Å²) in [5.41, 5.74) is -0.105. The average molecular weight is 186 g/mol.